The van der Waals surface area contributed by atoms with Crippen LogP contribution in [0.1, 0.15) is 15.9 Å². The van der Waals surface area contributed by atoms with Gasteiger partial charge in [-0.05, 0) is 36.4 Å². The minimum atomic E-state index is -0.410. The summed E-state index contributed by atoms with van der Waals surface area (Å²) in [5.41, 5.74) is 1.73. The van der Waals surface area contributed by atoms with Crippen LogP contribution in [0.15, 0.2) is 67.0 Å². The van der Waals surface area contributed by atoms with Gasteiger partial charge in [0.05, 0.1) is 25.5 Å². The number of pyridine rings is 1. The summed E-state index contributed by atoms with van der Waals surface area (Å²) < 4.78 is 11.1. The number of hydrogen-bond acceptors (Lipinski definition) is 5. The van der Waals surface area contributed by atoms with Gasteiger partial charge in [-0.15, -0.1) is 0 Å². The third-order valence-electron chi connectivity index (χ3n) is 4.12. The first kappa shape index (κ1) is 21.1. The second-order valence-corrected chi connectivity index (χ2v) is 6.63. The number of methoxy groups -OCH3 is 1. The van der Waals surface area contributed by atoms with E-state index in [2.05, 4.69) is 15.6 Å². The second kappa shape index (κ2) is 10.3. The standard InChI is InChI=1S/C22H20ClN3O4/c1-29-20-11-15(8-9-19(20)30-14-16-5-2-3-7-18(16)23)22(28)25-13-21(27)26-17-6-4-10-24-12-17/h2-12H,13-14H2,1H3,(H,25,28)(H,26,27). The molecule has 1 aromatic heterocycles. The number of ether oxygens (including phenoxy) is 2. The topological polar surface area (TPSA) is 89.5 Å². The van der Waals surface area contributed by atoms with Crippen molar-refractivity contribution in [1.29, 1.82) is 0 Å². The van der Waals surface area contributed by atoms with Crippen molar-refractivity contribution in [2.24, 2.45) is 0 Å². The van der Waals surface area contributed by atoms with Crippen LogP contribution in [-0.4, -0.2) is 30.5 Å². The van der Waals surface area contributed by atoms with Crippen molar-refractivity contribution in [3.63, 3.8) is 0 Å². The highest BCUT2D eigenvalue weighted by Crippen LogP contribution is 2.29. The first-order chi connectivity index (χ1) is 14.6. The molecule has 0 aliphatic rings. The van der Waals surface area contributed by atoms with Gasteiger partial charge in [0, 0.05) is 22.3 Å². The molecule has 2 amide bonds. The molecule has 3 aromatic rings. The molecule has 0 saturated heterocycles. The molecule has 0 saturated carbocycles. The largest absolute Gasteiger partial charge is 0.493 e. The van der Waals surface area contributed by atoms with Crippen molar-refractivity contribution in [3.8, 4) is 11.5 Å². The Morgan fingerprint density at radius 2 is 1.90 bits per heavy atom. The Morgan fingerprint density at radius 3 is 2.63 bits per heavy atom. The van der Waals surface area contributed by atoms with Gasteiger partial charge in [-0.2, -0.15) is 0 Å². The number of nitrogens with one attached hydrogen (secondary N) is 2. The molecule has 0 atom stereocenters. The van der Waals surface area contributed by atoms with E-state index in [0.717, 1.165) is 5.56 Å². The molecule has 2 N–H and O–H groups in total. The summed E-state index contributed by atoms with van der Waals surface area (Å²) in [5, 5.41) is 5.82. The summed E-state index contributed by atoms with van der Waals surface area (Å²) in [7, 11) is 1.49. The number of halogens is 1. The van der Waals surface area contributed by atoms with Crippen molar-refractivity contribution < 1.29 is 19.1 Å². The average molecular weight is 426 g/mol. The van der Waals surface area contributed by atoms with Gasteiger partial charge in [0.2, 0.25) is 5.91 Å². The van der Waals surface area contributed by atoms with Crippen LogP contribution in [0.4, 0.5) is 5.69 Å². The summed E-state index contributed by atoms with van der Waals surface area (Å²) in [6, 6.07) is 15.6. The molecule has 3 rings (SSSR count). The van der Waals surface area contributed by atoms with E-state index in [1.54, 1.807) is 42.6 Å². The first-order valence-electron chi connectivity index (χ1n) is 9.09. The zero-order chi connectivity index (χ0) is 21.3. The molecule has 0 aliphatic heterocycles. The number of carbonyl (C=O) groups excluding carboxylic acids is 2. The summed E-state index contributed by atoms with van der Waals surface area (Å²) >= 11 is 6.14. The number of aromatic nitrogens is 1. The van der Waals surface area contributed by atoms with Gasteiger partial charge in [0.15, 0.2) is 11.5 Å². The van der Waals surface area contributed by atoms with E-state index < -0.39 is 5.91 Å². The van der Waals surface area contributed by atoms with Gasteiger partial charge < -0.3 is 20.1 Å². The monoisotopic (exact) mass is 425 g/mol. The number of nitrogens with zero attached hydrogens (tertiary/aromatic N) is 1. The van der Waals surface area contributed by atoms with E-state index in [4.69, 9.17) is 21.1 Å². The van der Waals surface area contributed by atoms with Crippen molar-refractivity contribution in [2.45, 2.75) is 6.61 Å². The van der Waals surface area contributed by atoms with E-state index in [1.165, 1.54) is 13.3 Å². The number of amides is 2. The predicted octanol–water partition coefficient (Wildman–Crippen LogP) is 3.69. The first-order valence-corrected chi connectivity index (χ1v) is 9.47. The van der Waals surface area contributed by atoms with E-state index in [-0.39, 0.29) is 19.1 Å². The molecule has 0 unspecified atom stereocenters. The summed E-state index contributed by atoms with van der Waals surface area (Å²) in [6.45, 7) is 0.0802. The van der Waals surface area contributed by atoms with Crippen LogP contribution < -0.4 is 20.1 Å². The lowest BCUT2D eigenvalue weighted by atomic mass is 10.2. The lowest BCUT2D eigenvalue weighted by Gasteiger charge is -2.13. The third kappa shape index (κ3) is 5.71. The maximum atomic E-state index is 12.4. The minimum absolute atomic E-state index is 0.180. The Labute approximate surface area is 179 Å². The molecular formula is C22H20ClN3O4. The fourth-order valence-electron chi connectivity index (χ4n) is 2.60. The lowest BCUT2D eigenvalue weighted by Crippen LogP contribution is -2.32. The van der Waals surface area contributed by atoms with Crippen LogP contribution in [0, 0.1) is 0 Å². The Morgan fingerprint density at radius 1 is 1.07 bits per heavy atom. The number of anilines is 1. The normalized spacial score (nSPS) is 10.2. The van der Waals surface area contributed by atoms with Gasteiger partial charge in [0.25, 0.3) is 5.91 Å². The number of hydrogen-bond donors (Lipinski definition) is 2. The Balaban J connectivity index is 1.58. The van der Waals surface area contributed by atoms with Crippen LogP contribution in [0.3, 0.4) is 0 Å². The van der Waals surface area contributed by atoms with Crippen molar-refractivity contribution in [2.75, 3.05) is 19.0 Å². The Kier molecular flexibility index (Phi) is 7.24. The highest BCUT2D eigenvalue weighted by atomic mass is 35.5. The van der Waals surface area contributed by atoms with Crippen molar-refractivity contribution in [3.05, 3.63) is 83.1 Å². The van der Waals surface area contributed by atoms with Gasteiger partial charge in [-0.1, -0.05) is 29.8 Å². The van der Waals surface area contributed by atoms with Gasteiger partial charge in [-0.3, -0.25) is 14.6 Å². The van der Waals surface area contributed by atoms with E-state index in [1.807, 2.05) is 18.2 Å². The van der Waals surface area contributed by atoms with Crippen molar-refractivity contribution in [1.82, 2.24) is 10.3 Å². The fraction of sp³-hybridized carbons (Fsp3) is 0.136. The maximum absolute atomic E-state index is 12.4. The van der Waals surface area contributed by atoms with E-state index in [0.29, 0.717) is 27.8 Å². The molecule has 0 aliphatic carbocycles. The predicted molar refractivity (Wildman–Crippen MR) is 114 cm³/mol. The van der Waals surface area contributed by atoms with E-state index >= 15 is 0 Å². The number of carbonyl (C=O) groups is 2. The fourth-order valence-corrected chi connectivity index (χ4v) is 2.79. The van der Waals surface area contributed by atoms with Crippen LogP contribution in [-0.2, 0) is 11.4 Å². The lowest BCUT2D eigenvalue weighted by molar-refractivity contribution is -0.115. The number of benzene rings is 2. The Bertz CT molecular complexity index is 1030. The third-order valence-corrected chi connectivity index (χ3v) is 4.49. The minimum Gasteiger partial charge on any atom is -0.493 e. The van der Waals surface area contributed by atoms with Gasteiger partial charge in [0.1, 0.15) is 6.61 Å². The molecule has 0 bridgehead atoms. The molecular weight excluding hydrogens is 406 g/mol. The summed E-state index contributed by atoms with van der Waals surface area (Å²) in [4.78, 5) is 28.3. The quantitative estimate of drug-likeness (QED) is 0.574. The summed E-state index contributed by atoms with van der Waals surface area (Å²) in [5.74, 6) is 0.105. The van der Waals surface area contributed by atoms with Crippen LogP contribution >= 0.6 is 11.6 Å². The molecule has 1 heterocycles. The zero-order valence-corrected chi connectivity index (χ0v) is 17.0. The molecule has 2 aromatic carbocycles. The molecule has 30 heavy (non-hydrogen) atoms. The molecule has 154 valence electrons. The SMILES string of the molecule is COc1cc(C(=O)NCC(=O)Nc2cccnc2)ccc1OCc1ccccc1Cl. The second-order valence-electron chi connectivity index (χ2n) is 6.22. The maximum Gasteiger partial charge on any atom is 0.251 e. The van der Waals surface area contributed by atoms with Crippen LogP contribution in [0.5, 0.6) is 11.5 Å². The van der Waals surface area contributed by atoms with Crippen LogP contribution in [0.2, 0.25) is 5.02 Å². The molecule has 0 fully saturated rings. The molecule has 0 radical (unpaired) electrons. The highest BCUT2D eigenvalue weighted by Gasteiger charge is 2.13. The van der Waals surface area contributed by atoms with Gasteiger partial charge >= 0.3 is 0 Å². The van der Waals surface area contributed by atoms with Crippen molar-refractivity contribution >= 4 is 29.1 Å². The van der Waals surface area contributed by atoms with Crippen LogP contribution in [0.25, 0.3) is 0 Å². The molecule has 7 nitrogen and oxygen atoms in total. The highest BCUT2D eigenvalue weighted by molar-refractivity contribution is 6.31. The smallest absolute Gasteiger partial charge is 0.251 e. The summed E-state index contributed by atoms with van der Waals surface area (Å²) in [6.07, 6.45) is 3.12. The number of rotatable bonds is 8. The zero-order valence-electron chi connectivity index (χ0n) is 16.2. The van der Waals surface area contributed by atoms with E-state index in [9.17, 15) is 9.59 Å². The molecule has 0 spiro atoms. The van der Waals surface area contributed by atoms with Gasteiger partial charge in [-0.25, -0.2) is 0 Å². The molecule has 8 heteroatoms. The Hall–Kier alpha value is -3.58. The average Bonchev–Trinajstić information content (AvgIpc) is 2.77.